The maximum Gasteiger partial charge on any atom is 0.251 e. The molecule has 0 aromatic heterocycles. The molecule has 0 N–H and O–H groups in total. The van der Waals surface area contributed by atoms with Crippen LogP contribution in [0.1, 0.15) is 18.9 Å². The van der Waals surface area contributed by atoms with Gasteiger partial charge in [-0.1, -0.05) is 19.1 Å². The van der Waals surface area contributed by atoms with Gasteiger partial charge in [-0.2, -0.15) is 0 Å². The van der Waals surface area contributed by atoms with Gasteiger partial charge in [-0.15, -0.1) is 0 Å². The molecule has 2 atom stereocenters. The first-order valence-corrected chi connectivity index (χ1v) is 7.34. The Kier molecular flexibility index (Phi) is 3.78. The number of nitrogens with zero attached hydrogens (tertiary/aromatic N) is 2. The Bertz CT molecular complexity index is 589. The van der Waals surface area contributed by atoms with E-state index < -0.39 is 0 Å². The van der Waals surface area contributed by atoms with E-state index >= 15 is 0 Å². The van der Waals surface area contributed by atoms with Gasteiger partial charge in [0.25, 0.3) is 5.91 Å². The van der Waals surface area contributed by atoms with Crippen LogP contribution in [0.5, 0.6) is 5.75 Å². The van der Waals surface area contributed by atoms with Crippen molar-refractivity contribution in [1.29, 1.82) is 0 Å². The Labute approximate surface area is 125 Å². The number of hydrogen-bond donors (Lipinski definition) is 0. The van der Waals surface area contributed by atoms with E-state index in [9.17, 15) is 4.79 Å². The smallest absolute Gasteiger partial charge is 0.251 e. The van der Waals surface area contributed by atoms with Gasteiger partial charge in [0.1, 0.15) is 5.75 Å². The fraction of sp³-hybridized carbons (Fsp3) is 0.412. The maximum atomic E-state index is 12.6. The number of carbonyl (C=O) groups is 1. The first-order chi connectivity index (χ1) is 10.2. The number of amides is 1. The number of carbonyl (C=O) groups excluding carboxylic acids is 1. The highest BCUT2D eigenvalue weighted by atomic mass is 16.5. The van der Waals surface area contributed by atoms with Crippen molar-refractivity contribution < 1.29 is 9.53 Å². The van der Waals surface area contributed by atoms with E-state index in [0.29, 0.717) is 18.4 Å². The topological polar surface area (TPSA) is 41.9 Å². The molecule has 2 aliphatic rings. The molecule has 0 spiro atoms. The van der Waals surface area contributed by atoms with Crippen molar-refractivity contribution in [2.24, 2.45) is 16.8 Å². The van der Waals surface area contributed by atoms with Crippen molar-refractivity contribution in [2.45, 2.75) is 19.9 Å². The standard InChI is InChI=1S/C17H20N2O2/c1-12-9-18-10-16-15(12)7-8-19(17(16)20)11-13-3-5-14(21-2)6-4-13/h3-6,9-10,12,15H,7-8,11H2,1-2H3. The second-order valence-corrected chi connectivity index (χ2v) is 5.71. The molecule has 2 heterocycles. The number of rotatable bonds is 3. The van der Waals surface area contributed by atoms with E-state index in [1.807, 2.05) is 35.4 Å². The Morgan fingerprint density at radius 1 is 1.33 bits per heavy atom. The summed E-state index contributed by atoms with van der Waals surface area (Å²) in [6.07, 6.45) is 4.70. The van der Waals surface area contributed by atoms with Crippen LogP contribution in [0.15, 0.2) is 41.0 Å². The monoisotopic (exact) mass is 284 g/mol. The van der Waals surface area contributed by atoms with Crippen molar-refractivity contribution in [3.05, 3.63) is 41.6 Å². The van der Waals surface area contributed by atoms with E-state index in [2.05, 4.69) is 11.9 Å². The second-order valence-electron chi connectivity index (χ2n) is 5.71. The lowest BCUT2D eigenvalue weighted by molar-refractivity contribution is -0.130. The third-order valence-electron chi connectivity index (χ3n) is 4.35. The minimum atomic E-state index is 0.130. The highest BCUT2D eigenvalue weighted by Crippen LogP contribution is 2.32. The summed E-state index contributed by atoms with van der Waals surface area (Å²) >= 11 is 0. The van der Waals surface area contributed by atoms with Crippen LogP contribution in [0.2, 0.25) is 0 Å². The molecule has 2 aliphatic heterocycles. The molecule has 1 saturated heterocycles. The lowest BCUT2D eigenvalue weighted by Crippen LogP contribution is -2.42. The summed E-state index contributed by atoms with van der Waals surface area (Å²) in [6.45, 7) is 3.59. The summed E-state index contributed by atoms with van der Waals surface area (Å²) in [4.78, 5) is 18.7. The first-order valence-electron chi connectivity index (χ1n) is 7.34. The molecule has 1 amide bonds. The molecule has 2 unspecified atom stereocenters. The predicted molar refractivity (Wildman–Crippen MR) is 82.3 cm³/mol. The molecule has 0 bridgehead atoms. The van der Waals surface area contributed by atoms with Gasteiger partial charge in [-0.05, 0) is 30.0 Å². The van der Waals surface area contributed by atoms with Gasteiger partial charge >= 0.3 is 0 Å². The zero-order valence-electron chi connectivity index (χ0n) is 12.5. The van der Waals surface area contributed by atoms with Crippen molar-refractivity contribution in [1.82, 2.24) is 4.90 Å². The van der Waals surface area contributed by atoms with Gasteiger partial charge in [-0.3, -0.25) is 9.79 Å². The summed E-state index contributed by atoms with van der Waals surface area (Å²) in [5.74, 6) is 1.66. The van der Waals surface area contributed by atoms with Gasteiger partial charge in [0.05, 0.1) is 7.11 Å². The number of fused-ring (bicyclic) bond motifs is 1. The van der Waals surface area contributed by atoms with E-state index in [4.69, 9.17) is 4.74 Å². The average molecular weight is 284 g/mol. The third kappa shape index (κ3) is 2.71. The Balaban J connectivity index is 1.73. The molecule has 0 saturated carbocycles. The summed E-state index contributed by atoms with van der Waals surface area (Å²) in [5, 5.41) is 0. The first kappa shape index (κ1) is 13.9. The zero-order chi connectivity index (χ0) is 14.8. The molecule has 0 radical (unpaired) electrons. The molecule has 1 fully saturated rings. The number of hydrogen-bond acceptors (Lipinski definition) is 3. The van der Waals surface area contributed by atoms with Crippen LogP contribution in [0.3, 0.4) is 0 Å². The minimum absolute atomic E-state index is 0.130. The van der Waals surface area contributed by atoms with Crippen LogP contribution in [0, 0.1) is 11.8 Å². The minimum Gasteiger partial charge on any atom is -0.497 e. The lowest BCUT2D eigenvalue weighted by atomic mass is 9.81. The lowest BCUT2D eigenvalue weighted by Gasteiger charge is -2.36. The zero-order valence-corrected chi connectivity index (χ0v) is 12.5. The number of methoxy groups -OCH3 is 1. The Hall–Kier alpha value is -2.10. The van der Waals surface area contributed by atoms with Crippen LogP contribution in [-0.2, 0) is 11.3 Å². The summed E-state index contributed by atoms with van der Waals surface area (Å²) in [7, 11) is 1.65. The van der Waals surface area contributed by atoms with Crippen LogP contribution in [0.4, 0.5) is 0 Å². The largest absolute Gasteiger partial charge is 0.497 e. The van der Waals surface area contributed by atoms with Gasteiger partial charge < -0.3 is 9.64 Å². The van der Waals surface area contributed by atoms with Crippen molar-refractivity contribution in [3.8, 4) is 5.75 Å². The number of ether oxygens (including phenoxy) is 1. The molecule has 1 aromatic carbocycles. The molecule has 4 heteroatoms. The molecule has 4 nitrogen and oxygen atoms in total. The molecular weight excluding hydrogens is 264 g/mol. The van der Waals surface area contributed by atoms with Gasteiger partial charge in [0.15, 0.2) is 0 Å². The molecule has 3 rings (SSSR count). The van der Waals surface area contributed by atoms with Crippen molar-refractivity contribution >= 4 is 12.1 Å². The number of likely N-dealkylation sites (tertiary alicyclic amines) is 1. The van der Waals surface area contributed by atoms with Gasteiger partial charge in [-0.25, -0.2) is 0 Å². The second kappa shape index (κ2) is 5.72. The van der Waals surface area contributed by atoms with E-state index in [1.165, 1.54) is 0 Å². The summed E-state index contributed by atoms with van der Waals surface area (Å²) in [6, 6.07) is 7.88. The third-order valence-corrected chi connectivity index (χ3v) is 4.35. The average Bonchev–Trinajstić information content (AvgIpc) is 2.51. The van der Waals surface area contributed by atoms with Crippen LogP contribution >= 0.6 is 0 Å². The molecule has 0 aliphatic carbocycles. The van der Waals surface area contributed by atoms with E-state index in [-0.39, 0.29) is 5.91 Å². The summed E-state index contributed by atoms with van der Waals surface area (Å²) < 4.78 is 5.16. The summed E-state index contributed by atoms with van der Waals surface area (Å²) in [5.41, 5.74) is 1.99. The normalized spacial score (nSPS) is 24.6. The highest BCUT2D eigenvalue weighted by molar-refractivity contribution is 5.96. The molecule has 110 valence electrons. The SMILES string of the molecule is COc1ccc(CN2CCC3C(=CN=CC3C)C2=O)cc1. The van der Waals surface area contributed by atoms with Gasteiger partial charge in [0.2, 0.25) is 0 Å². The van der Waals surface area contributed by atoms with Crippen molar-refractivity contribution in [3.63, 3.8) is 0 Å². The number of piperidine rings is 1. The Morgan fingerprint density at radius 2 is 2.10 bits per heavy atom. The Morgan fingerprint density at radius 3 is 2.81 bits per heavy atom. The van der Waals surface area contributed by atoms with Crippen LogP contribution in [-0.4, -0.2) is 30.7 Å². The van der Waals surface area contributed by atoms with E-state index in [0.717, 1.165) is 29.9 Å². The van der Waals surface area contributed by atoms with E-state index in [1.54, 1.807) is 13.3 Å². The van der Waals surface area contributed by atoms with Crippen LogP contribution < -0.4 is 4.74 Å². The number of benzene rings is 1. The molecule has 1 aromatic rings. The fourth-order valence-corrected chi connectivity index (χ4v) is 3.06. The molecular formula is C17H20N2O2. The number of aliphatic imine (C=N–C) groups is 1. The maximum absolute atomic E-state index is 12.6. The van der Waals surface area contributed by atoms with Crippen LogP contribution in [0.25, 0.3) is 0 Å². The fourth-order valence-electron chi connectivity index (χ4n) is 3.06. The highest BCUT2D eigenvalue weighted by Gasteiger charge is 2.34. The molecule has 21 heavy (non-hydrogen) atoms. The predicted octanol–water partition coefficient (Wildman–Crippen LogP) is 2.65. The van der Waals surface area contributed by atoms with Crippen molar-refractivity contribution in [2.75, 3.05) is 13.7 Å². The van der Waals surface area contributed by atoms with Gasteiger partial charge in [0, 0.05) is 37.0 Å². The quantitative estimate of drug-likeness (QED) is 0.856.